The van der Waals surface area contributed by atoms with Crippen molar-refractivity contribution in [1.82, 2.24) is 9.97 Å². The van der Waals surface area contributed by atoms with Crippen LogP contribution in [-0.2, 0) is 11.2 Å². The zero-order valence-corrected chi connectivity index (χ0v) is 14.4. The quantitative estimate of drug-likeness (QED) is 0.874. The number of halogens is 1. The van der Waals surface area contributed by atoms with Gasteiger partial charge < -0.3 is 20.9 Å². The number of anilines is 3. The fourth-order valence-electron chi connectivity index (χ4n) is 3.20. The molecule has 0 radical (unpaired) electrons. The van der Waals surface area contributed by atoms with E-state index in [4.69, 9.17) is 17.3 Å². The van der Waals surface area contributed by atoms with E-state index >= 15 is 0 Å². The van der Waals surface area contributed by atoms with Crippen molar-refractivity contribution in [2.75, 3.05) is 28.3 Å². The van der Waals surface area contributed by atoms with E-state index in [0.717, 1.165) is 41.4 Å². The molecule has 0 atom stereocenters. The van der Waals surface area contributed by atoms with Gasteiger partial charge >= 0.3 is 0 Å². The normalized spacial score (nSPS) is 15.8. The molecule has 2 aromatic rings. The molecule has 7 nitrogen and oxygen atoms in total. The standard InChI is InChI=1S/C17H17ClN6O/c1-10-2-3-11(18)6-13(10)24-9-23(7-14(24)16(19)25)17-15-12(4-5-20-15)21-8-22-17/h2-3,6-8,20H,4-5,9H2,1H3,(H2,19,25). The topological polar surface area (TPSA) is 87.4 Å². The van der Waals surface area contributed by atoms with E-state index < -0.39 is 5.91 Å². The maximum absolute atomic E-state index is 12.0. The van der Waals surface area contributed by atoms with Gasteiger partial charge in [0.2, 0.25) is 0 Å². The predicted molar refractivity (Wildman–Crippen MR) is 97.5 cm³/mol. The number of rotatable bonds is 3. The smallest absolute Gasteiger partial charge is 0.266 e. The lowest BCUT2D eigenvalue weighted by Crippen LogP contribution is -2.32. The third-order valence-electron chi connectivity index (χ3n) is 4.42. The Bertz CT molecular complexity index is 897. The van der Waals surface area contributed by atoms with Crippen molar-refractivity contribution in [2.24, 2.45) is 5.73 Å². The molecule has 1 amide bonds. The highest BCUT2D eigenvalue weighted by atomic mass is 35.5. The van der Waals surface area contributed by atoms with Crippen molar-refractivity contribution >= 4 is 34.7 Å². The fraction of sp³-hybridized carbons (Fsp3) is 0.235. The number of carbonyl (C=O) groups is 1. The predicted octanol–water partition coefficient (Wildman–Crippen LogP) is 2.02. The number of benzene rings is 1. The number of hydrogen-bond donors (Lipinski definition) is 2. The van der Waals surface area contributed by atoms with Crippen molar-refractivity contribution in [1.29, 1.82) is 0 Å². The van der Waals surface area contributed by atoms with Gasteiger partial charge in [-0.05, 0) is 24.6 Å². The first-order valence-corrected chi connectivity index (χ1v) is 8.32. The van der Waals surface area contributed by atoms with Crippen LogP contribution in [0.2, 0.25) is 5.02 Å². The molecular weight excluding hydrogens is 340 g/mol. The summed E-state index contributed by atoms with van der Waals surface area (Å²) in [6, 6.07) is 5.58. The number of primary amides is 1. The summed E-state index contributed by atoms with van der Waals surface area (Å²) in [5.74, 6) is 0.240. The molecule has 0 saturated carbocycles. The minimum Gasteiger partial charge on any atom is -0.380 e. The summed E-state index contributed by atoms with van der Waals surface area (Å²) in [7, 11) is 0. The molecular formula is C17H17ClN6O. The lowest BCUT2D eigenvalue weighted by atomic mass is 10.2. The molecule has 25 heavy (non-hydrogen) atoms. The van der Waals surface area contributed by atoms with Crippen LogP contribution in [0.5, 0.6) is 0 Å². The van der Waals surface area contributed by atoms with Crippen LogP contribution in [0.25, 0.3) is 0 Å². The second-order valence-corrected chi connectivity index (χ2v) is 6.48. The number of aryl methyl sites for hydroxylation is 1. The molecule has 0 unspecified atom stereocenters. The first-order chi connectivity index (χ1) is 12.0. The Morgan fingerprint density at radius 3 is 3.00 bits per heavy atom. The first kappa shape index (κ1) is 15.7. The molecule has 1 aromatic heterocycles. The molecule has 0 spiro atoms. The number of nitrogens with zero attached hydrogens (tertiary/aromatic N) is 4. The van der Waals surface area contributed by atoms with E-state index in [0.29, 0.717) is 17.4 Å². The molecule has 0 bridgehead atoms. The molecule has 0 aliphatic carbocycles. The van der Waals surface area contributed by atoms with Gasteiger partial charge in [-0.2, -0.15) is 0 Å². The lowest BCUT2D eigenvalue weighted by Gasteiger charge is -2.25. The zero-order valence-electron chi connectivity index (χ0n) is 13.7. The number of fused-ring (bicyclic) bond motifs is 1. The van der Waals surface area contributed by atoms with Crippen LogP contribution < -0.4 is 20.9 Å². The van der Waals surface area contributed by atoms with Crippen LogP contribution >= 0.6 is 11.6 Å². The molecule has 4 rings (SSSR count). The summed E-state index contributed by atoms with van der Waals surface area (Å²) in [5, 5.41) is 3.92. The molecule has 0 saturated heterocycles. The largest absolute Gasteiger partial charge is 0.380 e. The molecule has 2 aliphatic rings. The summed E-state index contributed by atoms with van der Waals surface area (Å²) in [5.41, 5.74) is 9.75. The van der Waals surface area contributed by atoms with E-state index in [2.05, 4.69) is 15.3 Å². The Labute approximate surface area is 150 Å². The van der Waals surface area contributed by atoms with E-state index in [-0.39, 0.29) is 0 Å². The summed E-state index contributed by atoms with van der Waals surface area (Å²) in [6.07, 6.45) is 4.14. The third kappa shape index (κ3) is 2.66. The summed E-state index contributed by atoms with van der Waals surface area (Å²) < 4.78 is 0. The van der Waals surface area contributed by atoms with Gasteiger partial charge in [-0.3, -0.25) is 4.79 Å². The van der Waals surface area contributed by atoms with E-state index in [1.807, 2.05) is 34.9 Å². The van der Waals surface area contributed by atoms with Crippen LogP contribution in [-0.4, -0.2) is 29.1 Å². The van der Waals surface area contributed by atoms with Gasteiger partial charge in [-0.25, -0.2) is 9.97 Å². The van der Waals surface area contributed by atoms with Crippen LogP contribution in [0.4, 0.5) is 17.2 Å². The maximum atomic E-state index is 12.0. The minimum absolute atomic E-state index is 0.399. The molecule has 3 heterocycles. The minimum atomic E-state index is -0.500. The monoisotopic (exact) mass is 356 g/mol. The van der Waals surface area contributed by atoms with Gasteiger partial charge in [-0.15, -0.1) is 0 Å². The summed E-state index contributed by atoms with van der Waals surface area (Å²) in [4.78, 5) is 24.5. The molecule has 8 heteroatoms. The Hall–Kier alpha value is -2.80. The number of carbonyl (C=O) groups excluding carboxylic acids is 1. The second-order valence-electron chi connectivity index (χ2n) is 6.04. The van der Waals surface area contributed by atoms with E-state index in [1.165, 1.54) is 0 Å². The van der Waals surface area contributed by atoms with Gasteiger partial charge in [-0.1, -0.05) is 17.7 Å². The van der Waals surface area contributed by atoms with Gasteiger partial charge in [0, 0.05) is 29.9 Å². The van der Waals surface area contributed by atoms with Crippen molar-refractivity contribution in [3.63, 3.8) is 0 Å². The Kier molecular flexibility index (Phi) is 3.73. The van der Waals surface area contributed by atoms with Crippen molar-refractivity contribution in [3.05, 3.63) is 52.7 Å². The Morgan fingerprint density at radius 1 is 1.36 bits per heavy atom. The lowest BCUT2D eigenvalue weighted by molar-refractivity contribution is -0.114. The summed E-state index contributed by atoms with van der Waals surface area (Å²) in [6.45, 7) is 3.22. The molecule has 128 valence electrons. The van der Waals surface area contributed by atoms with Crippen LogP contribution in [0.15, 0.2) is 36.4 Å². The SMILES string of the molecule is Cc1ccc(Cl)cc1N1CN(c2ncnc3c2NCC3)C=C1C(N)=O. The number of amides is 1. The van der Waals surface area contributed by atoms with Gasteiger partial charge in [0.25, 0.3) is 5.91 Å². The molecule has 1 aromatic carbocycles. The first-order valence-electron chi connectivity index (χ1n) is 7.94. The van der Waals surface area contributed by atoms with Crippen LogP contribution in [0, 0.1) is 6.92 Å². The highest BCUT2D eigenvalue weighted by Gasteiger charge is 2.31. The van der Waals surface area contributed by atoms with Crippen molar-refractivity contribution in [3.8, 4) is 0 Å². The highest BCUT2D eigenvalue weighted by molar-refractivity contribution is 6.30. The van der Waals surface area contributed by atoms with Gasteiger partial charge in [0.05, 0.1) is 11.4 Å². The molecule has 2 aliphatic heterocycles. The average molecular weight is 357 g/mol. The van der Waals surface area contributed by atoms with Crippen molar-refractivity contribution < 1.29 is 4.79 Å². The third-order valence-corrected chi connectivity index (χ3v) is 4.65. The van der Waals surface area contributed by atoms with E-state index in [9.17, 15) is 4.79 Å². The van der Waals surface area contributed by atoms with E-state index in [1.54, 1.807) is 12.5 Å². The van der Waals surface area contributed by atoms with Crippen LogP contribution in [0.3, 0.4) is 0 Å². The molecule has 0 fully saturated rings. The Balaban J connectivity index is 1.76. The van der Waals surface area contributed by atoms with Crippen molar-refractivity contribution in [2.45, 2.75) is 13.3 Å². The number of nitrogens with two attached hydrogens (primary N) is 1. The summed E-state index contributed by atoms with van der Waals surface area (Å²) >= 11 is 6.15. The fourth-order valence-corrected chi connectivity index (χ4v) is 3.36. The van der Waals surface area contributed by atoms with Gasteiger partial charge in [0.1, 0.15) is 18.7 Å². The average Bonchev–Trinajstić information content (AvgIpc) is 3.23. The Morgan fingerprint density at radius 2 is 2.20 bits per heavy atom. The van der Waals surface area contributed by atoms with Crippen LogP contribution in [0.1, 0.15) is 11.3 Å². The maximum Gasteiger partial charge on any atom is 0.266 e. The number of hydrogen-bond acceptors (Lipinski definition) is 6. The number of nitrogens with one attached hydrogen (secondary N) is 1. The molecule has 3 N–H and O–H groups in total. The second kappa shape index (κ2) is 5.93. The van der Waals surface area contributed by atoms with Gasteiger partial charge in [0.15, 0.2) is 5.82 Å². The zero-order chi connectivity index (χ0) is 17.6. The highest BCUT2D eigenvalue weighted by Crippen LogP contribution is 2.36. The number of aromatic nitrogens is 2.